The normalized spacial score (nSPS) is 12.7. The van der Waals surface area contributed by atoms with Gasteiger partial charge in [0.15, 0.2) is 0 Å². The molecule has 0 unspecified atom stereocenters. The van der Waals surface area contributed by atoms with E-state index in [1.165, 1.54) is 0 Å². The van der Waals surface area contributed by atoms with Crippen LogP contribution in [0.3, 0.4) is 0 Å². The summed E-state index contributed by atoms with van der Waals surface area (Å²) in [5.74, 6) is 0. The monoisotopic (exact) mass is 156 g/mol. The van der Waals surface area contributed by atoms with Gasteiger partial charge in [0.2, 0.25) is 0 Å². The van der Waals surface area contributed by atoms with Crippen LogP contribution in [0.1, 0.15) is 27.7 Å². The van der Waals surface area contributed by atoms with Crippen molar-refractivity contribution < 1.29 is 0 Å². The van der Waals surface area contributed by atoms with Gasteiger partial charge in [-0.05, 0) is 27.7 Å². The van der Waals surface area contributed by atoms with Gasteiger partial charge in [-0.3, -0.25) is 9.89 Å². The maximum absolute atomic E-state index is 3.97. The van der Waals surface area contributed by atoms with E-state index in [0.29, 0.717) is 12.1 Å². The van der Waals surface area contributed by atoms with E-state index in [-0.39, 0.29) is 0 Å². The minimum Gasteiger partial charge on any atom is -0.300 e. The van der Waals surface area contributed by atoms with Gasteiger partial charge in [0.1, 0.15) is 0 Å². The topological polar surface area (TPSA) is 15.6 Å². The maximum Gasteiger partial charge on any atom is 0.0338 e. The molecule has 0 amide bonds. The first kappa shape index (κ1) is 10.6. The van der Waals surface area contributed by atoms with Gasteiger partial charge in [-0.2, -0.15) is 0 Å². The summed E-state index contributed by atoms with van der Waals surface area (Å²) in [7, 11) is 1.82. The molecule has 0 aromatic heterocycles. The van der Waals surface area contributed by atoms with Crippen molar-refractivity contribution in [3.63, 3.8) is 0 Å². The van der Waals surface area contributed by atoms with E-state index in [1.54, 1.807) is 0 Å². The second kappa shape index (κ2) is 5.30. The van der Waals surface area contributed by atoms with Crippen molar-refractivity contribution in [3.8, 4) is 0 Å². The summed E-state index contributed by atoms with van der Waals surface area (Å²) in [6.07, 6.45) is 1.96. The quantitative estimate of drug-likeness (QED) is 0.567. The SMILES string of the molecule is CN=CCN(C(C)C)C(C)C. The highest BCUT2D eigenvalue weighted by Gasteiger charge is 2.10. The number of hydrogen-bond donors (Lipinski definition) is 0. The summed E-state index contributed by atoms with van der Waals surface area (Å²) >= 11 is 0. The molecule has 0 atom stereocenters. The zero-order valence-corrected chi connectivity index (χ0v) is 8.33. The van der Waals surface area contributed by atoms with E-state index in [4.69, 9.17) is 0 Å². The molecule has 0 aliphatic rings. The molecular formula is C9H20N2. The highest BCUT2D eigenvalue weighted by atomic mass is 15.2. The lowest BCUT2D eigenvalue weighted by Gasteiger charge is -2.28. The zero-order valence-electron chi connectivity index (χ0n) is 8.33. The molecule has 0 saturated heterocycles. The summed E-state index contributed by atoms with van der Waals surface area (Å²) < 4.78 is 0. The van der Waals surface area contributed by atoms with Gasteiger partial charge in [-0.15, -0.1) is 0 Å². The van der Waals surface area contributed by atoms with Gasteiger partial charge < -0.3 is 0 Å². The third-order valence-corrected chi connectivity index (χ3v) is 1.80. The Balaban J connectivity index is 3.89. The fourth-order valence-electron chi connectivity index (χ4n) is 1.19. The summed E-state index contributed by atoms with van der Waals surface area (Å²) in [6.45, 7) is 9.81. The molecule has 0 aliphatic heterocycles. The van der Waals surface area contributed by atoms with Crippen LogP contribution >= 0.6 is 0 Å². The fraction of sp³-hybridized carbons (Fsp3) is 0.889. The van der Waals surface area contributed by atoms with Gasteiger partial charge in [0.25, 0.3) is 0 Å². The van der Waals surface area contributed by atoms with E-state index in [9.17, 15) is 0 Å². The number of hydrogen-bond acceptors (Lipinski definition) is 2. The van der Waals surface area contributed by atoms with E-state index in [0.717, 1.165) is 6.54 Å². The van der Waals surface area contributed by atoms with Crippen molar-refractivity contribution in [3.05, 3.63) is 0 Å². The van der Waals surface area contributed by atoms with Gasteiger partial charge in [-0.1, -0.05) is 0 Å². The molecule has 0 saturated carbocycles. The lowest BCUT2D eigenvalue weighted by atomic mass is 10.2. The fourth-order valence-corrected chi connectivity index (χ4v) is 1.19. The summed E-state index contributed by atoms with van der Waals surface area (Å²) in [5.41, 5.74) is 0. The number of rotatable bonds is 4. The lowest BCUT2D eigenvalue weighted by Crippen LogP contribution is -2.38. The van der Waals surface area contributed by atoms with Gasteiger partial charge in [0.05, 0.1) is 0 Å². The van der Waals surface area contributed by atoms with Crippen molar-refractivity contribution in [2.75, 3.05) is 13.6 Å². The number of nitrogens with zero attached hydrogens (tertiary/aromatic N) is 2. The van der Waals surface area contributed by atoms with Crippen LogP contribution in [0, 0.1) is 0 Å². The second-order valence-corrected chi connectivity index (χ2v) is 3.33. The first-order valence-electron chi connectivity index (χ1n) is 4.26. The first-order chi connectivity index (χ1) is 5.09. The molecule has 0 fully saturated rings. The standard InChI is InChI=1S/C9H20N2/c1-8(2)11(9(3)4)7-6-10-5/h6,8-9H,7H2,1-5H3. The molecule has 0 heterocycles. The predicted octanol–water partition coefficient (Wildman–Crippen LogP) is 1.81. The Kier molecular flexibility index (Phi) is 5.12. The van der Waals surface area contributed by atoms with Crippen molar-refractivity contribution in [1.82, 2.24) is 4.90 Å². The van der Waals surface area contributed by atoms with Crippen molar-refractivity contribution in [2.24, 2.45) is 4.99 Å². The van der Waals surface area contributed by atoms with E-state index in [2.05, 4.69) is 37.6 Å². The Hall–Kier alpha value is -0.370. The Morgan fingerprint density at radius 1 is 1.18 bits per heavy atom. The Morgan fingerprint density at radius 2 is 1.64 bits per heavy atom. The largest absolute Gasteiger partial charge is 0.300 e. The van der Waals surface area contributed by atoms with Crippen LogP contribution in [0.25, 0.3) is 0 Å². The molecule has 2 heteroatoms. The Labute approximate surface area is 70.3 Å². The molecule has 0 rings (SSSR count). The minimum atomic E-state index is 0.605. The van der Waals surface area contributed by atoms with E-state index < -0.39 is 0 Å². The van der Waals surface area contributed by atoms with Gasteiger partial charge in [0, 0.05) is 31.9 Å². The van der Waals surface area contributed by atoms with Crippen LogP contribution in [0.2, 0.25) is 0 Å². The first-order valence-corrected chi connectivity index (χ1v) is 4.26. The summed E-state index contributed by atoms with van der Waals surface area (Å²) in [6, 6.07) is 1.21. The molecule has 0 aromatic rings. The third kappa shape index (κ3) is 4.14. The van der Waals surface area contributed by atoms with Gasteiger partial charge >= 0.3 is 0 Å². The highest BCUT2D eigenvalue weighted by Crippen LogP contribution is 2.02. The minimum absolute atomic E-state index is 0.605. The molecule has 0 spiro atoms. The van der Waals surface area contributed by atoms with Crippen molar-refractivity contribution in [1.29, 1.82) is 0 Å². The van der Waals surface area contributed by atoms with Crippen LogP contribution in [0.5, 0.6) is 0 Å². The van der Waals surface area contributed by atoms with Crippen LogP contribution in [0.4, 0.5) is 0 Å². The third-order valence-electron chi connectivity index (χ3n) is 1.80. The average Bonchev–Trinajstić information content (AvgIpc) is 1.87. The summed E-state index contributed by atoms with van der Waals surface area (Å²) in [5, 5.41) is 0. The molecule has 0 bridgehead atoms. The predicted molar refractivity (Wildman–Crippen MR) is 51.4 cm³/mol. The lowest BCUT2D eigenvalue weighted by molar-refractivity contribution is 0.205. The van der Waals surface area contributed by atoms with E-state index in [1.807, 2.05) is 13.3 Å². The molecule has 0 radical (unpaired) electrons. The van der Waals surface area contributed by atoms with Crippen LogP contribution in [-0.2, 0) is 0 Å². The van der Waals surface area contributed by atoms with Crippen molar-refractivity contribution >= 4 is 6.21 Å². The molecule has 0 aromatic carbocycles. The van der Waals surface area contributed by atoms with Crippen LogP contribution < -0.4 is 0 Å². The van der Waals surface area contributed by atoms with Crippen LogP contribution in [-0.4, -0.2) is 36.8 Å². The molecule has 11 heavy (non-hydrogen) atoms. The van der Waals surface area contributed by atoms with E-state index >= 15 is 0 Å². The Bertz CT molecular complexity index is 109. The Morgan fingerprint density at radius 3 is 1.91 bits per heavy atom. The molecule has 2 nitrogen and oxygen atoms in total. The molecular weight excluding hydrogens is 136 g/mol. The molecule has 66 valence electrons. The maximum atomic E-state index is 3.97. The highest BCUT2D eigenvalue weighted by molar-refractivity contribution is 5.59. The van der Waals surface area contributed by atoms with Crippen LogP contribution in [0.15, 0.2) is 4.99 Å². The van der Waals surface area contributed by atoms with Gasteiger partial charge in [-0.25, -0.2) is 0 Å². The zero-order chi connectivity index (χ0) is 8.85. The average molecular weight is 156 g/mol. The molecule has 0 N–H and O–H groups in total. The number of aliphatic imine (C=N–C) groups is 1. The second-order valence-electron chi connectivity index (χ2n) is 3.33. The molecule has 0 aliphatic carbocycles. The smallest absolute Gasteiger partial charge is 0.0338 e. The summed E-state index contributed by atoms with van der Waals surface area (Å²) in [4.78, 5) is 6.37. The van der Waals surface area contributed by atoms with Crippen molar-refractivity contribution in [2.45, 2.75) is 39.8 Å².